The zero-order valence-electron chi connectivity index (χ0n) is 19.4. The summed E-state index contributed by atoms with van der Waals surface area (Å²) in [6.45, 7) is 2.96. The Bertz CT molecular complexity index is 1200. The molecule has 1 aliphatic carbocycles. The highest BCUT2D eigenvalue weighted by Gasteiger charge is 2.44. The molecule has 2 aromatic rings. The SMILES string of the molecule is Cc1ccc(S(=O)(=O)N2CC(O)CC2C(=O)OCC(=O)NC2CCCc3ccccc32)cc1C. The number of benzene rings is 2. The van der Waals surface area contributed by atoms with E-state index in [0.717, 1.165) is 40.3 Å². The molecule has 0 saturated carbocycles. The first kappa shape index (κ1) is 24.4. The van der Waals surface area contributed by atoms with Gasteiger partial charge in [-0.2, -0.15) is 4.31 Å². The summed E-state index contributed by atoms with van der Waals surface area (Å²) in [5.41, 5.74) is 4.02. The number of esters is 1. The molecule has 2 aliphatic rings. The third-order valence-corrected chi connectivity index (χ3v) is 8.51. The normalized spacial score (nSPS) is 22.7. The van der Waals surface area contributed by atoms with E-state index in [1.54, 1.807) is 12.1 Å². The maximum Gasteiger partial charge on any atom is 0.325 e. The van der Waals surface area contributed by atoms with Crippen LogP contribution in [0.2, 0.25) is 0 Å². The number of β-amino-alcohol motifs (C(OH)–C–C–N with tert-alkyl or cyclic N) is 1. The molecule has 0 spiro atoms. The van der Waals surface area contributed by atoms with Gasteiger partial charge in [0.15, 0.2) is 6.61 Å². The lowest BCUT2D eigenvalue weighted by molar-refractivity contribution is -0.152. The van der Waals surface area contributed by atoms with E-state index >= 15 is 0 Å². The standard InChI is InChI=1S/C25H30N2O6S/c1-16-10-11-20(12-17(16)2)34(31,32)27-14-19(28)13-23(27)25(30)33-15-24(29)26-22-9-5-7-18-6-3-4-8-21(18)22/h3-4,6,8,10-12,19,22-23,28H,5,7,9,13-15H2,1-2H3,(H,26,29). The fourth-order valence-corrected chi connectivity index (χ4v) is 6.36. The molecule has 1 heterocycles. The number of rotatable bonds is 6. The first-order valence-corrected chi connectivity index (χ1v) is 12.9. The Hall–Kier alpha value is -2.75. The maximum atomic E-state index is 13.2. The molecule has 2 aromatic carbocycles. The van der Waals surface area contributed by atoms with Crippen LogP contribution >= 0.6 is 0 Å². The van der Waals surface area contributed by atoms with Gasteiger partial charge in [0.05, 0.1) is 17.0 Å². The van der Waals surface area contributed by atoms with Crippen molar-refractivity contribution in [2.24, 2.45) is 0 Å². The van der Waals surface area contributed by atoms with Gasteiger partial charge in [0.2, 0.25) is 10.0 Å². The largest absolute Gasteiger partial charge is 0.454 e. The molecule has 3 unspecified atom stereocenters. The van der Waals surface area contributed by atoms with Crippen LogP contribution in [0.4, 0.5) is 0 Å². The number of hydrogen-bond donors (Lipinski definition) is 2. The first-order chi connectivity index (χ1) is 16.2. The van der Waals surface area contributed by atoms with Crippen molar-refractivity contribution in [1.29, 1.82) is 0 Å². The predicted octanol–water partition coefficient (Wildman–Crippen LogP) is 2.16. The summed E-state index contributed by atoms with van der Waals surface area (Å²) in [7, 11) is -4.03. The number of amides is 1. The van der Waals surface area contributed by atoms with Crippen molar-refractivity contribution in [1.82, 2.24) is 9.62 Å². The lowest BCUT2D eigenvalue weighted by Gasteiger charge is -2.26. The van der Waals surface area contributed by atoms with Crippen molar-refractivity contribution in [3.8, 4) is 0 Å². The summed E-state index contributed by atoms with van der Waals surface area (Å²) in [6, 6.07) is 11.3. The molecule has 1 saturated heterocycles. The molecule has 1 fully saturated rings. The molecule has 1 amide bonds. The van der Waals surface area contributed by atoms with Gasteiger partial charge in [-0.1, -0.05) is 30.3 Å². The van der Waals surface area contributed by atoms with Crippen LogP contribution in [0.15, 0.2) is 47.4 Å². The second kappa shape index (κ2) is 9.85. The van der Waals surface area contributed by atoms with Crippen LogP contribution in [0.1, 0.15) is 47.6 Å². The van der Waals surface area contributed by atoms with Gasteiger partial charge in [-0.3, -0.25) is 9.59 Å². The molecular formula is C25H30N2O6S. The minimum absolute atomic E-state index is 0.0520. The van der Waals surface area contributed by atoms with Crippen molar-refractivity contribution < 1.29 is 27.9 Å². The Morgan fingerprint density at radius 2 is 1.91 bits per heavy atom. The van der Waals surface area contributed by atoms with Crippen molar-refractivity contribution in [2.75, 3.05) is 13.2 Å². The summed E-state index contributed by atoms with van der Waals surface area (Å²) < 4.78 is 32.6. The van der Waals surface area contributed by atoms with Gasteiger partial charge in [-0.05, 0) is 67.5 Å². The maximum absolute atomic E-state index is 13.2. The topological polar surface area (TPSA) is 113 Å². The van der Waals surface area contributed by atoms with Crippen LogP contribution in [0.25, 0.3) is 0 Å². The number of nitrogens with zero attached hydrogens (tertiary/aromatic N) is 1. The molecule has 3 atom stereocenters. The third-order valence-electron chi connectivity index (χ3n) is 6.64. The molecule has 1 aliphatic heterocycles. The first-order valence-electron chi connectivity index (χ1n) is 11.5. The Morgan fingerprint density at radius 3 is 2.68 bits per heavy atom. The van der Waals surface area contributed by atoms with Crippen molar-refractivity contribution in [2.45, 2.75) is 62.6 Å². The van der Waals surface area contributed by atoms with Gasteiger partial charge in [-0.25, -0.2) is 8.42 Å². The zero-order chi connectivity index (χ0) is 24.5. The molecule has 182 valence electrons. The number of ether oxygens (including phenoxy) is 1. The number of fused-ring (bicyclic) bond motifs is 1. The highest BCUT2D eigenvalue weighted by molar-refractivity contribution is 7.89. The lowest BCUT2D eigenvalue weighted by atomic mass is 9.88. The molecule has 0 radical (unpaired) electrons. The zero-order valence-corrected chi connectivity index (χ0v) is 20.2. The number of hydrogen-bond acceptors (Lipinski definition) is 6. The number of sulfonamides is 1. The van der Waals surface area contributed by atoms with Crippen LogP contribution in [0, 0.1) is 13.8 Å². The monoisotopic (exact) mass is 486 g/mol. The van der Waals surface area contributed by atoms with E-state index in [1.807, 2.05) is 38.1 Å². The summed E-state index contributed by atoms with van der Waals surface area (Å²) in [6.07, 6.45) is 1.64. The number of carbonyl (C=O) groups excluding carboxylic acids is 2. The van der Waals surface area contributed by atoms with Crippen LogP contribution in [-0.4, -0.2) is 55.0 Å². The van der Waals surface area contributed by atoms with Crippen LogP contribution in [-0.2, 0) is 30.8 Å². The number of aryl methyl sites for hydroxylation is 3. The molecule has 0 bridgehead atoms. The summed E-state index contributed by atoms with van der Waals surface area (Å²) in [5, 5.41) is 13.0. The Morgan fingerprint density at radius 1 is 1.15 bits per heavy atom. The third kappa shape index (κ3) is 5.01. The Kier molecular flexibility index (Phi) is 7.06. The van der Waals surface area contributed by atoms with E-state index in [4.69, 9.17) is 4.74 Å². The molecule has 2 N–H and O–H groups in total. The average Bonchev–Trinajstić information content (AvgIpc) is 3.22. The second-order valence-electron chi connectivity index (χ2n) is 9.04. The van der Waals surface area contributed by atoms with E-state index < -0.39 is 40.7 Å². The highest BCUT2D eigenvalue weighted by Crippen LogP contribution is 2.30. The lowest BCUT2D eigenvalue weighted by Crippen LogP contribution is -2.42. The van der Waals surface area contributed by atoms with Crippen molar-refractivity contribution >= 4 is 21.9 Å². The predicted molar refractivity (Wildman–Crippen MR) is 125 cm³/mol. The second-order valence-corrected chi connectivity index (χ2v) is 10.9. The van der Waals surface area contributed by atoms with E-state index in [-0.39, 0.29) is 23.9 Å². The van der Waals surface area contributed by atoms with E-state index in [9.17, 15) is 23.1 Å². The van der Waals surface area contributed by atoms with Gasteiger partial charge < -0.3 is 15.2 Å². The number of nitrogens with one attached hydrogen (secondary N) is 1. The van der Waals surface area contributed by atoms with Crippen LogP contribution in [0.5, 0.6) is 0 Å². The minimum atomic E-state index is -4.03. The molecule has 4 rings (SSSR count). The molecule has 0 aromatic heterocycles. The van der Waals surface area contributed by atoms with E-state index in [2.05, 4.69) is 5.32 Å². The van der Waals surface area contributed by atoms with E-state index in [1.165, 1.54) is 11.6 Å². The summed E-state index contributed by atoms with van der Waals surface area (Å²) in [4.78, 5) is 25.3. The molecule has 34 heavy (non-hydrogen) atoms. The quantitative estimate of drug-likeness (QED) is 0.605. The fraction of sp³-hybridized carbons (Fsp3) is 0.440. The number of aliphatic hydroxyl groups excluding tert-OH is 1. The summed E-state index contributed by atoms with van der Waals surface area (Å²) in [5.74, 6) is -1.29. The molecular weight excluding hydrogens is 456 g/mol. The van der Waals surface area contributed by atoms with Gasteiger partial charge in [-0.15, -0.1) is 0 Å². The summed E-state index contributed by atoms with van der Waals surface area (Å²) >= 11 is 0. The Balaban J connectivity index is 1.41. The van der Waals surface area contributed by atoms with Gasteiger partial charge >= 0.3 is 5.97 Å². The minimum Gasteiger partial charge on any atom is -0.454 e. The number of carbonyl (C=O) groups is 2. The average molecular weight is 487 g/mol. The van der Waals surface area contributed by atoms with Gasteiger partial charge in [0, 0.05) is 13.0 Å². The highest BCUT2D eigenvalue weighted by atomic mass is 32.2. The fourth-order valence-electron chi connectivity index (χ4n) is 4.65. The van der Waals surface area contributed by atoms with Gasteiger partial charge in [0.25, 0.3) is 5.91 Å². The van der Waals surface area contributed by atoms with Crippen LogP contribution < -0.4 is 5.32 Å². The van der Waals surface area contributed by atoms with E-state index in [0.29, 0.717) is 0 Å². The van der Waals surface area contributed by atoms with Crippen molar-refractivity contribution in [3.05, 3.63) is 64.7 Å². The Labute approximate surface area is 200 Å². The van der Waals surface area contributed by atoms with Crippen molar-refractivity contribution in [3.63, 3.8) is 0 Å². The van der Waals surface area contributed by atoms with Crippen LogP contribution in [0.3, 0.4) is 0 Å². The number of aliphatic hydroxyl groups is 1. The smallest absolute Gasteiger partial charge is 0.325 e. The van der Waals surface area contributed by atoms with Gasteiger partial charge in [0.1, 0.15) is 6.04 Å². The molecule has 9 heteroatoms. The molecule has 8 nitrogen and oxygen atoms in total.